The van der Waals surface area contributed by atoms with Crippen LogP contribution in [0.15, 0.2) is 24.8 Å². The smallest absolute Gasteiger partial charge is 0.425 e. The molecule has 0 radical (unpaired) electrons. The molecule has 0 atom stereocenters. The van der Waals surface area contributed by atoms with Crippen LogP contribution in [0.3, 0.4) is 0 Å². The van der Waals surface area contributed by atoms with E-state index in [4.69, 9.17) is 4.74 Å². The summed E-state index contributed by atoms with van der Waals surface area (Å²) in [7, 11) is 2.74. The van der Waals surface area contributed by atoms with Gasteiger partial charge >= 0.3 is 6.09 Å². The van der Waals surface area contributed by atoms with E-state index in [0.29, 0.717) is 17.0 Å². The second kappa shape index (κ2) is 5.64. The Balaban J connectivity index is 2.72. The Morgan fingerprint density at radius 1 is 1.35 bits per heavy atom. The third-order valence-corrected chi connectivity index (χ3v) is 2.03. The molecule has 3 N–H and O–H groups in total. The summed E-state index contributed by atoms with van der Waals surface area (Å²) in [5, 5.41) is 9.69. The number of carbonyl (C=O) groups is 1. The average molecular weight is 238 g/mol. The third kappa shape index (κ3) is 3.30. The summed E-state index contributed by atoms with van der Waals surface area (Å²) in [5.41, 5.74) is 5.52. The summed E-state index contributed by atoms with van der Waals surface area (Å²) in [4.78, 5) is 10.8. The predicted octanol–water partition coefficient (Wildman–Crippen LogP) is 1.23. The van der Waals surface area contributed by atoms with E-state index in [0.717, 1.165) is 0 Å². The minimum Gasteiger partial charge on any atom is -0.507 e. The highest BCUT2D eigenvalue weighted by molar-refractivity contribution is 5.72. The van der Waals surface area contributed by atoms with E-state index >= 15 is 0 Å². The van der Waals surface area contributed by atoms with Crippen molar-refractivity contribution < 1.29 is 19.4 Å². The first-order valence-electron chi connectivity index (χ1n) is 4.74. The number of nitrogens with one attached hydrogen (secondary N) is 2. The van der Waals surface area contributed by atoms with Crippen molar-refractivity contribution in [2.75, 3.05) is 14.2 Å². The molecule has 0 unspecified atom stereocenters. The van der Waals surface area contributed by atoms with Gasteiger partial charge in [-0.2, -0.15) is 0 Å². The molecule has 0 aliphatic rings. The zero-order valence-electron chi connectivity index (χ0n) is 9.61. The molecule has 17 heavy (non-hydrogen) atoms. The fourth-order valence-corrected chi connectivity index (χ4v) is 1.14. The monoisotopic (exact) mass is 238 g/mol. The van der Waals surface area contributed by atoms with Gasteiger partial charge in [-0.05, 0) is 12.1 Å². The molecule has 1 amide bonds. The highest BCUT2D eigenvalue weighted by Crippen LogP contribution is 2.26. The fraction of sp³-hybridized carbons (Fsp3) is 0.182. The molecule has 6 nitrogen and oxygen atoms in total. The second-order valence-corrected chi connectivity index (χ2v) is 3.10. The van der Waals surface area contributed by atoms with Crippen molar-refractivity contribution in [1.29, 1.82) is 0 Å². The van der Waals surface area contributed by atoms with Gasteiger partial charge in [0.05, 0.1) is 19.9 Å². The van der Waals surface area contributed by atoms with Crippen molar-refractivity contribution in [2.24, 2.45) is 0 Å². The molecular weight excluding hydrogens is 224 g/mol. The van der Waals surface area contributed by atoms with Gasteiger partial charge in [-0.3, -0.25) is 5.43 Å². The van der Waals surface area contributed by atoms with E-state index in [1.54, 1.807) is 12.1 Å². The lowest BCUT2D eigenvalue weighted by Crippen LogP contribution is -2.35. The molecule has 0 fully saturated rings. The Hall–Kier alpha value is -2.37. The normalized spacial score (nSPS) is 9.29. The Labute approximate surface area is 98.8 Å². The summed E-state index contributed by atoms with van der Waals surface area (Å²) >= 11 is 0. The molecule has 1 aromatic rings. The summed E-state index contributed by atoms with van der Waals surface area (Å²) in [6, 6.07) is 4.73. The number of carbonyl (C=O) groups excluding carboxylic acids is 1. The zero-order valence-corrected chi connectivity index (χ0v) is 9.61. The Morgan fingerprint density at radius 3 is 2.59 bits per heavy atom. The Morgan fingerprint density at radius 2 is 2.06 bits per heavy atom. The van der Waals surface area contributed by atoms with Crippen LogP contribution in [0.1, 0.15) is 5.56 Å². The third-order valence-electron chi connectivity index (χ3n) is 2.03. The van der Waals surface area contributed by atoms with E-state index in [9.17, 15) is 9.90 Å². The number of benzene rings is 1. The van der Waals surface area contributed by atoms with Gasteiger partial charge < -0.3 is 14.6 Å². The number of rotatable bonds is 4. The zero-order chi connectivity index (χ0) is 12.8. The predicted molar refractivity (Wildman–Crippen MR) is 62.4 cm³/mol. The van der Waals surface area contributed by atoms with E-state index < -0.39 is 6.09 Å². The van der Waals surface area contributed by atoms with Crippen LogP contribution < -0.4 is 15.6 Å². The molecule has 0 spiro atoms. The largest absolute Gasteiger partial charge is 0.507 e. The van der Waals surface area contributed by atoms with Crippen molar-refractivity contribution in [2.45, 2.75) is 0 Å². The second-order valence-electron chi connectivity index (χ2n) is 3.10. The SMILES string of the molecule is C=C(NNC(=O)OC)c1ccc(OC)cc1O. The van der Waals surface area contributed by atoms with Crippen molar-refractivity contribution in [1.82, 2.24) is 10.9 Å². The number of hydrogen-bond donors (Lipinski definition) is 3. The van der Waals surface area contributed by atoms with E-state index in [1.807, 2.05) is 0 Å². The van der Waals surface area contributed by atoms with E-state index in [-0.39, 0.29) is 5.75 Å². The molecule has 0 aliphatic heterocycles. The maximum Gasteiger partial charge on any atom is 0.425 e. The number of phenolic OH excluding ortho intramolecular Hbond substituents is 1. The van der Waals surface area contributed by atoms with Crippen LogP contribution in [0, 0.1) is 0 Å². The molecule has 0 saturated carbocycles. The van der Waals surface area contributed by atoms with Gasteiger partial charge in [0.15, 0.2) is 0 Å². The molecule has 0 saturated heterocycles. The maximum atomic E-state index is 10.8. The van der Waals surface area contributed by atoms with Gasteiger partial charge in [0.25, 0.3) is 0 Å². The Bertz CT molecular complexity index is 431. The van der Waals surface area contributed by atoms with Gasteiger partial charge in [-0.25, -0.2) is 10.2 Å². The average Bonchev–Trinajstić information content (AvgIpc) is 2.35. The van der Waals surface area contributed by atoms with Crippen LogP contribution in [0.2, 0.25) is 0 Å². The molecule has 0 bridgehead atoms. The minimum atomic E-state index is -0.654. The molecule has 1 rings (SSSR count). The quantitative estimate of drug-likeness (QED) is 0.687. The number of amides is 1. The molecule has 92 valence electrons. The molecular formula is C11H14N2O4. The lowest BCUT2D eigenvalue weighted by molar-refractivity contribution is 0.168. The van der Waals surface area contributed by atoms with E-state index in [1.165, 1.54) is 20.3 Å². The lowest BCUT2D eigenvalue weighted by Gasteiger charge is -2.12. The topological polar surface area (TPSA) is 79.8 Å². The maximum absolute atomic E-state index is 10.8. The van der Waals surface area contributed by atoms with Gasteiger partial charge in [-0.1, -0.05) is 6.58 Å². The van der Waals surface area contributed by atoms with Crippen LogP contribution in [0.4, 0.5) is 4.79 Å². The van der Waals surface area contributed by atoms with Gasteiger partial charge in [0, 0.05) is 11.6 Å². The van der Waals surface area contributed by atoms with Gasteiger partial charge in [0.1, 0.15) is 11.5 Å². The molecule has 1 aromatic carbocycles. The first-order valence-corrected chi connectivity index (χ1v) is 4.74. The van der Waals surface area contributed by atoms with Crippen molar-refractivity contribution >= 4 is 11.8 Å². The van der Waals surface area contributed by atoms with Gasteiger partial charge in [0.2, 0.25) is 0 Å². The van der Waals surface area contributed by atoms with Crippen LogP contribution in [-0.2, 0) is 4.74 Å². The number of phenols is 1. The van der Waals surface area contributed by atoms with Crippen LogP contribution in [-0.4, -0.2) is 25.4 Å². The van der Waals surface area contributed by atoms with E-state index in [2.05, 4.69) is 22.2 Å². The molecule has 0 heterocycles. The fourth-order valence-electron chi connectivity index (χ4n) is 1.14. The van der Waals surface area contributed by atoms with Crippen LogP contribution >= 0.6 is 0 Å². The number of aromatic hydroxyl groups is 1. The summed E-state index contributed by atoms with van der Waals surface area (Å²) in [6.45, 7) is 3.67. The first-order chi connectivity index (χ1) is 8.08. The summed E-state index contributed by atoms with van der Waals surface area (Å²) < 4.78 is 9.31. The highest BCUT2D eigenvalue weighted by Gasteiger charge is 2.07. The molecule has 0 aromatic heterocycles. The van der Waals surface area contributed by atoms with Crippen molar-refractivity contribution in [3.8, 4) is 11.5 Å². The minimum absolute atomic E-state index is 0.00600. The number of ether oxygens (including phenoxy) is 2. The van der Waals surface area contributed by atoms with Crippen LogP contribution in [0.25, 0.3) is 5.70 Å². The summed E-state index contributed by atoms with van der Waals surface area (Å²) in [6.07, 6.45) is -0.654. The first kappa shape index (κ1) is 12.7. The lowest BCUT2D eigenvalue weighted by atomic mass is 10.1. The molecule has 6 heteroatoms. The van der Waals surface area contributed by atoms with Crippen LogP contribution in [0.5, 0.6) is 11.5 Å². The van der Waals surface area contributed by atoms with Crippen molar-refractivity contribution in [3.63, 3.8) is 0 Å². The number of hydrazine groups is 1. The standard InChI is InChI=1S/C11H14N2O4/c1-7(12-13-11(15)17-3)9-5-4-8(16-2)6-10(9)14/h4-6,12,14H,1H2,2-3H3,(H,13,15). The summed E-state index contributed by atoms with van der Waals surface area (Å²) in [5.74, 6) is 0.522. The number of methoxy groups -OCH3 is 2. The Kier molecular flexibility index (Phi) is 4.21. The number of hydrogen-bond acceptors (Lipinski definition) is 5. The van der Waals surface area contributed by atoms with Crippen molar-refractivity contribution in [3.05, 3.63) is 30.3 Å². The molecule has 0 aliphatic carbocycles. The highest BCUT2D eigenvalue weighted by atomic mass is 16.5. The van der Waals surface area contributed by atoms with Gasteiger partial charge in [-0.15, -0.1) is 0 Å².